The van der Waals surface area contributed by atoms with Gasteiger partial charge in [-0.05, 0) is 46.7 Å². The third-order valence-corrected chi connectivity index (χ3v) is 10.1. The van der Waals surface area contributed by atoms with Crippen LogP contribution in [0.25, 0.3) is 99.4 Å². The first-order valence-corrected chi connectivity index (χ1v) is 16.9. The van der Waals surface area contributed by atoms with E-state index in [0.29, 0.717) is 0 Å². The number of aromatic nitrogens is 5. The standard InChI is InChI=1S/C45H27N5/c1-3-15-29(16-4-1)41-45(47-35-27-26-28-14-7-8-19-31(28)42(35)48-41)50-38-25-13-21-33-32-20-9-11-23-36(32)49-37-24-12-10-22-34(37)46-44(49)40(39(33)38)43(50)30-17-5-2-6-18-30/h1-27H. The zero-order valence-corrected chi connectivity index (χ0v) is 26.8. The van der Waals surface area contributed by atoms with Gasteiger partial charge in [-0.3, -0.25) is 8.97 Å². The predicted molar refractivity (Wildman–Crippen MR) is 206 cm³/mol. The first-order chi connectivity index (χ1) is 24.8. The van der Waals surface area contributed by atoms with Crippen LogP contribution < -0.4 is 0 Å². The largest absolute Gasteiger partial charge is 0.292 e. The van der Waals surface area contributed by atoms with Crippen LogP contribution in [0.4, 0.5) is 0 Å². The van der Waals surface area contributed by atoms with Crippen molar-refractivity contribution in [1.82, 2.24) is 23.9 Å². The van der Waals surface area contributed by atoms with Gasteiger partial charge < -0.3 is 0 Å². The van der Waals surface area contributed by atoms with Crippen molar-refractivity contribution < 1.29 is 0 Å². The van der Waals surface area contributed by atoms with Crippen LogP contribution in [0.2, 0.25) is 0 Å². The minimum atomic E-state index is 0.780. The molecular weight excluding hydrogens is 611 g/mol. The Morgan fingerprint density at radius 1 is 0.400 bits per heavy atom. The second-order valence-corrected chi connectivity index (χ2v) is 12.8. The van der Waals surface area contributed by atoms with Crippen molar-refractivity contribution in [2.45, 2.75) is 0 Å². The van der Waals surface area contributed by atoms with Gasteiger partial charge in [0.15, 0.2) is 5.82 Å². The molecule has 0 spiro atoms. The Morgan fingerprint density at radius 2 is 1.06 bits per heavy atom. The molecule has 50 heavy (non-hydrogen) atoms. The van der Waals surface area contributed by atoms with Crippen LogP contribution in [0.1, 0.15) is 0 Å². The summed E-state index contributed by atoms with van der Waals surface area (Å²) in [5, 5.41) is 6.78. The topological polar surface area (TPSA) is 48.0 Å². The Labute approximate surface area is 286 Å². The lowest BCUT2D eigenvalue weighted by Crippen LogP contribution is -2.05. The quantitative estimate of drug-likeness (QED) is 0.181. The molecule has 0 N–H and O–H groups in total. The van der Waals surface area contributed by atoms with E-state index in [1.54, 1.807) is 0 Å². The Bertz CT molecular complexity index is 3140. The van der Waals surface area contributed by atoms with Gasteiger partial charge in [0.05, 0.1) is 44.2 Å². The van der Waals surface area contributed by atoms with E-state index in [2.05, 4.69) is 167 Å². The van der Waals surface area contributed by atoms with E-state index in [0.717, 1.165) is 94.0 Å². The molecule has 0 radical (unpaired) electrons. The molecule has 0 unspecified atom stereocenters. The smallest absolute Gasteiger partial charge is 0.165 e. The number of imidazole rings is 1. The molecule has 0 aliphatic heterocycles. The highest BCUT2D eigenvalue weighted by molar-refractivity contribution is 6.26. The summed E-state index contributed by atoms with van der Waals surface area (Å²) >= 11 is 0. The third-order valence-electron chi connectivity index (χ3n) is 10.1. The van der Waals surface area contributed by atoms with Crippen LogP contribution in [-0.4, -0.2) is 23.9 Å². The first kappa shape index (κ1) is 27.1. The van der Waals surface area contributed by atoms with Gasteiger partial charge in [0.25, 0.3) is 0 Å². The van der Waals surface area contributed by atoms with Crippen molar-refractivity contribution in [3.63, 3.8) is 0 Å². The second-order valence-electron chi connectivity index (χ2n) is 12.8. The lowest BCUT2D eigenvalue weighted by Gasteiger charge is -2.16. The highest BCUT2D eigenvalue weighted by Gasteiger charge is 2.27. The number of nitrogens with zero attached hydrogens (tertiary/aromatic N) is 5. The minimum absolute atomic E-state index is 0.780. The predicted octanol–water partition coefficient (Wildman–Crippen LogP) is 11.2. The molecule has 5 nitrogen and oxygen atoms in total. The maximum Gasteiger partial charge on any atom is 0.165 e. The van der Waals surface area contributed by atoms with Crippen LogP contribution in [0.3, 0.4) is 0 Å². The maximum atomic E-state index is 5.55. The van der Waals surface area contributed by atoms with Crippen LogP contribution in [0, 0.1) is 0 Å². The lowest BCUT2D eigenvalue weighted by atomic mass is 10.0. The van der Waals surface area contributed by atoms with E-state index in [1.807, 2.05) is 6.07 Å². The summed E-state index contributed by atoms with van der Waals surface area (Å²) in [6.45, 7) is 0. The molecule has 0 saturated heterocycles. The molecule has 0 amide bonds. The summed E-state index contributed by atoms with van der Waals surface area (Å²) in [7, 11) is 0. The highest BCUT2D eigenvalue weighted by Crippen LogP contribution is 2.45. The third kappa shape index (κ3) is 3.74. The van der Waals surface area contributed by atoms with Gasteiger partial charge in [0, 0.05) is 21.7 Å². The van der Waals surface area contributed by atoms with Crippen molar-refractivity contribution in [2.75, 3.05) is 0 Å². The van der Waals surface area contributed by atoms with E-state index in [1.165, 1.54) is 5.39 Å². The molecule has 0 atom stereocenters. The van der Waals surface area contributed by atoms with Crippen molar-refractivity contribution in [2.24, 2.45) is 0 Å². The molecule has 5 heteroatoms. The molecule has 11 rings (SSSR count). The van der Waals surface area contributed by atoms with Gasteiger partial charge in [0.1, 0.15) is 11.3 Å². The zero-order chi connectivity index (χ0) is 32.8. The molecule has 4 aromatic heterocycles. The summed E-state index contributed by atoms with van der Waals surface area (Å²) < 4.78 is 4.68. The molecule has 0 fully saturated rings. The summed E-state index contributed by atoms with van der Waals surface area (Å²) in [5.41, 5.74) is 10.8. The monoisotopic (exact) mass is 637 g/mol. The molecule has 7 aromatic carbocycles. The van der Waals surface area contributed by atoms with E-state index < -0.39 is 0 Å². The summed E-state index contributed by atoms with van der Waals surface area (Å²) in [4.78, 5) is 16.4. The number of hydrogen-bond acceptors (Lipinski definition) is 3. The Hall–Kier alpha value is -6.85. The van der Waals surface area contributed by atoms with Crippen LogP contribution >= 0.6 is 0 Å². The average Bonchev–Trinajstić information content (AvgIpc) is 3.71. The summed E-state index contributed by atoms with van der Waals surface area (Å²) in [5.74, 6) is 0.780. The van der Waals surface area contributed by atoms with Crippen LogP contribution in [0.15, 0.2) is 164 Å². The fourth-order valence-electron chi connectivity index (χ4n) is 7.93. The fraction of sp³-hybridized carbons (Fsp3) is 0. The molecule has 0 aliphatic rings. The molecule has 0 aliphatic carbocycles. The lowest BCUT2D eigenvalue weighted by molar-refractivity contribution is 1.05. The first-order valence-electron chi connectivity index (χ1n) is 16.9. The molecule has 11 aromatic rings. The van der Waals surface area contributed by atoms with Crippen molar-refractivity contribution in [3.8, 4) is 28.3 Å². The highest BCUT2D eigenvalue weighted by atomic mass is 15.1. The zero-order valence-electron chi connectivity index (χ0n) is 26.8. The number of benzene rings is 7. The SMILES string of the molecule is c1ccc(-c2nc3c(ccc4ccccc43)nc2-n2c(-c3ccccc3)c3c4c(cccc42)c2ccccc2n2c4ccccc4nc32)cc1. The number of rotatable bonds is 3. The molecule has 4 heterocycles. The fourth-order valence-corrected chi connectivity index (χ4v) is 7.93. The Balaban J connectivity index is 1.42. The van der Waals surface area contributed by atoms with Gasteiger partial charge in [-0.15, -0.1) is 0 Å². The number of para-hydroxylation sites is 3. The van der Waals surface area contributed by atoms with Gasteiger partial charge in [-0.25, -0.2) is 15.0 Å². The van der Waals surface area contributed by atoms with Gasteiger partial charge in [0.2, 0.25) is 0 Å². The second kappa shape index (κ2) is 10.3. The van der Waals surface area contributed by atoms with Crippen LogP contribution in [0.5, 0.6) is 0 Å². The Morgan fingerprint density at radius 3 is 1.90 bits per heavy atom. The van der Waals surface area contributed by atoms with Crippen LogP contribution in [-0.2, 0) is 0 Å². The van der Waals surface area contributed by atoms with Gasteiger partial charge in [-0.2, -0.15) is 0 Å². The maximum absolute atomic E-state index is 5.55. The summed E-state index contributed by atoms with van der Waals surface area (Å²) in [6, 6.07) is 57.5. The normalized spacial score (nSPS) is 12.0. The van der Waals surface area contributed by atoms with Crippen molar-refractivity contribution in [3.05, 3.63) is 164 Å². The molecule has 0 bridgehead atoms. The van der Waals surface area contributed by atoms with E-state index in [-0.39, 0.29) is 0 Å². The van der Waals surface area contributed by atoms with Gasteiger partial charge in [-0.1, -0.05) is 133 Å². The van der Waals surface area contributed by atoms with Crippen molar-refractivity contribution in [1.29, 1.82) is 0 Å². The number of hydrogen-bond donors (Lipinski definition) is 0. The van der Waals surface area contributed by atoms with E-state index in [9.17, 15) is 0 Å². The minimum Gasteiger partial charge on any atom is -0.292 e. The summed E-state index contributed by atoms with van der Waals surface area (Å²) in [6.07, 6.45) is 0. The van der Waals surface area contributed by atoms with E-state index in [4.69, 9.17) is 15.0 Å². The van der Waals surface area contributed by atoms with E-state index >= 15 is 0 Å². The number of fused-ring (bicyclic) bond motifs is 10. The Kier molecular flexibility index (Phi) is 5.60. The molecule has 0 saturated carbocycles. The van der Waals surface area contributed by atoms with Crippen molar-refractivity contribution >= 4 is 71.1 Å². The molecular formula is C45H27N5. The van der Waals surface area contributed by atoms with Gasteiger partial charge >= 0.3 is 0 Å². The average molecular weight is 638 g/mol. The molecule has 232 valence electrons.